The fourth-order valence-electron chi connectivity index (χ4n) is 2.15. The van der Waals surface area contributed by atoms with Crippen molar-refractivity contribution in [3.05, 3.63) is 34.1 Å². The SMILES string of the molecule is O=C(O)C1CN(C(=O)CCc2ccc(Br)cc2F)CCO1. The number of rotatable bonds is 4. The molecule has 1 aromatic rings. The molecular formula is C14H15BrFNO4. The van der Waals surface area contributed by atoms with Crippen LogP contribution >= 0.6 is 15.9 Å². The number of nitrogens with zero attached hydrogens (tertiary/aromatic N) is 1. The minimum absolute atomic E-state index is 0.0387. The molecule has 7 heteroatoms. The maximum atomic E-state index is 13.7. The standard InChI is InChI=1S/C14H15BrFNO4/c15-10-3-1-9(11(16)7-10)2-4-13(18)17-5-6-21-12(8-17)14(19)20/h1,3,7,12H,2,4-6,8H2,(H,19,20). The van der Waals surface area contributed by atoms with Gasteiger partial charge in [0.05, 0.1) is 13.2 Å². The monoisotopic (exact) mass is 359 g/mol. The summed E-state index contributed by atoms with van der Waals surface area (Å²) in [6.07, 6.45) is -0.551. The third-order valence-corrected chi connectivity index (χ3v) is 3.81. The average Bonchev–Trinajstić information content (AvgIpc) is 2.46. The summed E-state index contributed by atoms with van der Waals surface area (Å²) in [4.78, 5) is 24.4. The lowest BCUT2D eigenvalue weighted by Crippen LogP contribution is -2.48. The van der Waals surface area contributed by atoms with Crippen LogP contribution in [0.1, 0.15) is 12.0 Å². The molecule has 1 amide bonds. The summed E-state index contributed by atoms with van der Waals surface area (Å²) in [5.74, 6) is -1.62. The number of carboxylic acids is 1. The molecule has 0 aliphatic carbocycles. The quantitative estimate of drug-likeness (QED) is 0.890. The zero-order chi connectivity index (χ0) is 15.4. The number of aryl methyl sites for hydroxylation is 1. The van der Waals surface area contributed by atoms with Gasteiger partial charge < -0.3 is 14.7 Å². The Balaban J connectivity index is 1.90. The zero-order valence-electron chi connectivity index (χ0n) is 11.2. The molecule has 0 spiro atoms. The number of carboxylic acid groups (broad SMARTS) is 1. The molecule has 2 rings (SSSR count). The Labute approximate surface area is 129 Å². The van der Waals surface area contributed by atoms with Crippen molar-refractivity contribution in [1.82, 2.24) is 4.90 Å². The lowest BCUT2D eigenvalue weighted by molar-refractivity contribution is -0.159. The maximum Gasteiger partial charge on any atom is 0.334 e. The summed E-state index contributed by atoms with van der Waals surface area (Å²) in [6, 6.07) is 4.71. The van der Waals surface area contributed by atoms with Gasteiger partial charge in [-0.25, -0.2) is 9.18 Å². The van der Waals surface area contributed by atoms with E-state index in [4.69, 9.17) is 9.84 Å². The van der Waals surface area contributed by atoms with Gasteiger partial charge in [0, 0.05) is 17.4 Å². The Morgan fingerprint density at radius 2 is 2.24 bits per heavy atom. The maximum absolute atomic E-state index is 13.7. The van der Waals surface area contributed by atoms with Crippen LogP contribution in [0.4, 0.5) is 4.39 Å². The Hall–Kier alpha value is -1.47. The topological polar surface area (TPSA) is 66.8 Å². The summed E-state index contributed by atoms with van der Waals surface area (Å²) in [5.41, 5.74) is 0.467. The Morgan fingerprint density at radius 1 is 1.48 bits per heavy atom. The fraction of sp³-hybridized carbons (Fsp3) is 0.429. The van der Waals surface area contributed by atoms with Crippen molar-refractivity contribution in [2.45, 2.75) is 18.9 Å². The Morgan fingerprint density at radius 3 is 2.90 bits per heavy atom. The second-order valence-corrected chi connectivity index (χ2v) is 5.69. The van der Waals surface area contributed by atoms with Gasteiger partial charge in [0.25, 0.3) is 0 Å². The molecule has 0 radical (unpaired) electrons. The highest BCUT2D eigenvalue weighted by Gasteiger charge is 2.28. The normalized spacial score (nSPS) is 18.6. The number of hydrogen-bond acceptors (Lipinski definition) is 3. The van der Waals surface area contributed by atoms with E-state index < -0.39 is 12.1 Å². The smallest absolute Gasteiger partial charge is 0.334 e. The Bertz CT molecular complexity index is 552. The highest BCUT2D eigenvalue weighted by Crippen LogP contribution is 2.17. The summed E-state index contributed by atoms with van der Waals surface area (Å²) in [6.45, 7) is 0.609. The van der Waals surface area contributed by atoms with Crippen LogP contribution in [0.25, 0.3) is 0 Å². The number of benzene rings is 1. The molecule has 0 aromatic heterocycles. The Kier molecular flexibility index (Phi) is 5.30. The minimum atomic E-state index is -1.08. The van der Waals surface area contributed by atoms with E-state index in [0.717, 1.165) is 0 Å². The van der Waals surface area contributed by atoms with E-state index in [2.05, 4.69) is 15.9 Å². The summed E-state index contributed by atoms with van der Waals surface area (Å²) in [7, 11) is 0. The van der Waals surface area contributed by atoms with Crippen molar-refractivity contribution in [2.24, 2.45) is 0 Å². The molecular weight excluding hydrogens is 345 g/mol. The zero-order valence-corrected chi connectivity index (χ0v) is 12.8. The van der Waals surface area contributed by atoms with E-state index in [9.17, 15) is 14.0 Å². The van der Waals surface area contributed by atoms with Crippen molar-refractivity contribution in [1.29, 1.82) is 0 Å². The van der Waals surface area contributed by atoms with E-state index >= 15 is 0 Å². The average molecular weight is 360 g/mol. The van der Waals surface area contributed by atoms with E-state index in [1.807, 2.05) is 0 Å². The molecule has 114 valence electrons. The van der Waals surface area contributed by atoms with Crippen LogP contribution in [-0.2, 0) is 20.7 Å². The highest BCUT2D eigenvalue weighted by atomic mass is 79.9. The van der Waals surface area contributed by atoms with Crippen LogP contribution < -0.4 is 0 Å². The van der Waals surface area contributed by atoms with E-state index in [0.29, 0.717) is 16.6 Å². The van der Waals surface area contributed by atoms with Crippen molar-refractivity contribution in [2.75, 3.05) is 19.7 Å². The number of amides is 1. The van der Waals surface area contributed by atoms with Crippen LogP contribution in [0.2, 0.25) is 0 Å². The van der Waals surface area contributed by atoms with Gasteiger partial charge in [-0.3, -0.25) is 4.79 Å². The predicted molar refractivity (Wildman–Crippen MR) is 76.4 cm³/mol. The first kappa shape index (κ1) is 15.9. The summed E-state index contributed by atoms with van der Waals surface area (Å²) >= 11 is 3.17. The number of aliphatic carboxylic acids is 1. The van der Waals surface area contributed by atoms with Gasteiger partial charge in [-0.1, -0.05) is 22.0 Å². The number of hydrogen-bond donors (Lipinski definition) is 1. The molecule has 0 bridgehead atoms. The van der Waals surface area contributed by atoms with Gasteiger partial charge in [-0.2, -0.15) is 0 Å². The molecule has 1 aliphatic heterocycles. The van der Waals surface area contributed by atoms with Gasteiger partial charge >= 0.3 is 5.97 Å². The third kappa shape index (κ3) is 4.25. The van der Waals surface area contributed by atoms with Crippen molar-refractivity contribution in [3.63, 3.8) is 0 Å². The molecule has 1 atom stereocenters. The fourth-order valence-corrected chi connectivity index (χ4v) is 2.48. The van der Waals surface area contributed by atoms with E-state index in [1.54, 1.807) is 12.1 Å². The van der Waals surface area contributed by atoms with Gasteiger partial charge in [0.2, 0.25) is 5.91 Å². The lowest BCUT2D eigenvalue weighted by atomic mass is 10.1. The molecule has 0 saturated carbocycles. The lowest BCUT2D eigenvalue weighted by Gasteiger charge is -2.31. The molecule has 1 saturated heterocycles. The first-order valence-corrected chi connectivity index (χ1v) is 7.33. The van der Waals surface area contributed by atoms with E-state index in [-0.39, 0.29) is 37.7 Å². The molecule has 1 fully saturated rings. The van der Waals surface area contributed by atoms with Gasteiger partial charge in [-0.15, -0.1) is 0 Å². The number of ether oxygens (including phenoxy) is 1. The van der Waals surface area contributed by atoms with Crippen LogP contribution in [0.5, 0.6) is 0 Å². The van der Waals surface area contributed by atoms with Crippen molar-refractivity contribution < 1.29 is 23.8 Å². The molecule has 1 heterocycles. The number of carbonyl (C=O) groups is 2. The highest BCUT2D eigenvalue weighted by molar-refractivity contribution is 9.10. The second kappa shape index (κ2) is 7.00. The molecule has 1 aromatic carbocycles. The second-order valence-electron chi connectivity index (χ2n) is 4.77. The van der Waals surface area contributed by atoms with Crippen LogP contribution in [0.3, 0.4) is 0 Å². The molecule has 1 unspecified atom stereocenters. The predicted octanol–water partition coefficient (Wildman–Crippen LogP) is 1.83. The largest absolute Gasteiger partial charge is 0.479 e. The van der Waals surface area contributed by atoms with Gasteiger partial charge in [0.15, 0.2) is 6.10 Å². The molecule has 1 N–H and O–H groups in total. The third-order valence-electron chi connectivity index (χ3n) is 3.32. The number of carbonyl (C=O) groups excluding carboxylic acids is 1. The van der Waals surface area contributed by atoms with Crippen molar-refractivity contribution in [3.8, 4) is 0 Å². The first-order chi connectivity index (χ1) is 9.97. The summed E-state index contributed by atoms with van der Waals surface area (Å²) < 4.78 is 19.4. The summed E-state index contributed by atoms with van der Waals surface area (Å²) in [5, 5.41) is 8.89. The van der Waals surface area contributed by atoms with Crippen LogP contribution in [0, 0.1) is 5.82 Å². The van der Waals surface area contributed by atoms with Crippen LogP contribution in [0.15, 0.2) is 22.7 Å². The number of halogens is 2. The van der Waals surface area contributed by atoms with Gasteiger partial charge in [0.1, 0.15) is 5.82 Å². The van der Waals surface area contributed by atoms with Crippen LogP contribution in [-0.4, -0.2) is 47.7 Å². The van der Waals surface area contributed by atoms with E-state index in [1.165, 1.54) is 11.0 Å². The van der Waals surface area contributed by atoms with Gasteiger partial charge in [-0.05, 0) is 24.1 Å². The first-order valence-electron chi connectivity index (χ1n) is 6.53. The van der Waals surface area contributed by atoms with Crippen molar-refractivity contribution >= 4 is 27.8 Å². The molecule has 21 heavy (non-hydrogen) atoms. The minimum Gasteiger partial charge on any atom is -0.479 e. The molecule has 1 aliphatic rings. The molecule has 5 nitrogen and oxygen atoms in total. The number of morpholine rings is 1.